The van der Waals surface area contributed by atoms with Crippen LogP contribution in [0.4, 0.5) is 0 Å². The number of nitrogens with one attached hydrogen (secondary N) is 3. The molecule has 0 aromatic rings. The van der Waals surface area contributed by atoms with Crippen LogP contribution in [-0.2, 0) is 33.6 Å². The minimum absolute atomic E-state index is 0.372. The van der Waals surface area contributed by atoms with Gasteiger partial charge in [-0.2, -0.15) is 0 Å². The quantitative estimate of drug-likeness (QED) is 0.108. The fraction of sp³-hybridized carbons (Fsp3) is 0.588. The van der Waals surface area contributed by atoms with Gasteiger partial charge >= 0.3 is 11.9 Å². The van der Waals surface area contributed by atoms with Crippen LogP contribution in [0.3, 0.4) is 0 Å². The van der Waals surface area contributed by atoms with E-state index in [1.54, 1.807) is 0 Å². The second-order valence-electron chi connectivity index (χ2n) is 7.07. The molecule has 0 aliphatic heterocycles. The van der Waals surface area contributed by atoms with Crippen LogP contribution in [0.25, 0.3) is 0 Å². The van der Waals surface area contributed by atoms with Crippen molar-refractivity contribution in [1.29, 1.82) is 0 Å². The number of amides is 5. The van der Waals surface area contributed by atoms with Crippen LogP contribution in [0.1, 0.15) is 32.6 Å². The van der Waals surface area contributed by atoms with E-state index >= 15 is 0 Å². The highest BCUT2D eigenvalue weighted by Crippen LogP contribution is 2.03. The Balaban J connectivity index is 5.60. The molecule has 0 aromatic carbocycles. The second kappa shape index (κ2) is 13.6. The molecule has 0 saturated carbocycles. The van der Waals surface area contributed by atoms with Gasteiger partial charge in [-0.05, 0) is 13.3 Å². The van der Waals surface area contributed by atoms with Crippen molar-refractivity contribution in [1.82, 2.24) is 16.0 Å². The van der Waals surface area contributed by atoms with E-state index in [1.165, 1.54) is 0 Å². The third-order valence-corrected chi connectivity index (χ3v) is 4.13. The molecule has 5 atom stereocenters. The molecule has 12 N–H and O–H groups in total. The third-order valence-electron chi connectivity index (χ3n) is 4.13. The number of aliphatic hydroxyl groups is 1. The highest BCUT2D eigenvalue weighted by molar-refractivity contribution is 5.96. The van der Waals surface area contributed by atoms with E-state index in [1.807, 2.05) is 10.6 Å². The van der Waals surface area contributed by atoms with Crippen molar-refractivity contribution in [3.8, 4) is 0 Å². The van der Waals surface area contributed by atoms with Gasteiger partial charge in [0.25, 0.3) is 0 Å². The number of carboxylic acid groups (broad SMARTS) is 2. The molecule has 0 radical (unpaired) electrons. The van der Waals surface area contributed by atoms with Gasteiger partial charge in [0.2, 0.25) is 29.5 Å². The summed E-state index contributed by atoms with van der Waals surface area (Å²) < 4.78 is 0. The van der Waals surface area contributed by atoms with E-state index in [0.29, 0.717) is 0 Å². The zero-order chi connectivity index (χ0) is 25.9. The molecule has 0 aliphatic carbocycles. The van der Waals surface area contributed by atoms with Crippen LogP contribution in [0.15, 0.2) is 0 Å². The zero-order valence-corrected chi connectivity index (χ0v) is 17.6. The molecule has 0 heterocycles. The molecular weight excluding hydrogens is 448 g/mol. The lowest BCUT2D eigenvalue weighted by Gasteiger charge is -2.25. The monoisotopic (exact) mass is 476 g/mol. The molecule has 0 rings (SSSR count). The molecule has 0 aromatic heterocycles. The Bertz CT molecular complexity index is 786. The highest BCUT2D eigenvalue weighted by Gasteiger charge is 2.33. The first-order valence-electron chi connectivity index (χ1n) is 9.51. The Kier molecular flexibility index (Phi) is 12.0. The maximum Gasteiger partial charge on any atom is 0.328 e. The fourth-order valence-electron chi connectivity index (χ4n) is 2.44. The summed E-state index contributed by atoms with van der Waals surface area (Å²) in [6.45, 7) is 1.06. The smallest absolute Gasteiger partial charge is 0.328 e. The predicted octanol–water partition coefficient (Wildman–Crippen LogP) is -5.15. The summed E-state index contributed by atoms with van der Waals surface area (Å²) >= 11 is 0. The second-order valence-corrected chi connectivity index (χ2v) is 7.07. The number of carbonyl (C=O) groups excluding carboxylic acids is 5. The topological polar surface area (TPSA) is 294 Å². The summed E-state index contributed by atoms with van der Waals surface area (Å²) in [6.07, 6.45) is -3.87. The third kappa shape index (κ3) is 11.4. The van der Waals surface area contributed by atoms with Crippen molar-refractivity contribution in [2.45, 2.75) is 62.9 Å². The number of primary amides is 2. The molecule has 0 fully saturated rings. The number of aliphatic hydroxyl groups excluding tert-OH is 1. The first-order valence-corrected chi connectivity index (χ1v) is 9.51. The molecule has 16 heteroatoms. The SMILES string of the molecule is CC(O)C(NC(=O)C(CC(=O)O)NC(=O)C(CCC(N)=O)NC(=O)C(N)CC(N)=O)C(=O)O. The lowest BCUT2D eigenvalue weighted by atomic mass is 10.1. The summed E-state index contributed by atoms with van der Waals surface area (Å²) in [5.41, 5.74) is 15.5. The first-order chi connectivity index (χ1) is 15.1. The molecular formula is C17H28N6O10. The fourth-order valence-corrected chi connectivity index (χ4v) is 2.44. The van der Waals surface area contributed by atoms with Gasteiger partial charge in [0.1, 0.15) is 12.1 Å². The number of nitrogens with two attached hydrogens (primary N) is 3. The van der Waals surface area contributed by atoms with E-state index in [2.05, 4.69) is 5.32 Å². The predicted molar refractivity (Wildman–Crippen MR) is 108 cm³/mol. The molecule has 0 spiro atoms. The number of carbonyl (C=O) groups is 7. The zero-order valence-electron chi connectivity index (χ0n) is 17.6. The van der Waals surface area contributed by atoms with Crippen molar-refractivity contribution < 1.29 is 48.9 Å². The Morgan fingerprint density at radius 1 is 0.788 bits per heavy atom. The number of rotatable bonds is 15. The van der Waals surface area contributed by atoms with Gasteiger partial charge in [0.15, 0.2) is 6.04 Å². The molecule has 0 saturated heterocycles. The van der Waals surface area contributed by atoms with Crippen molar-refractivity contribution in [2.24, 2.45) is 17.2 Å². The molecule has 16 nitrogen and oxygen atoms in total. The number of hydrogen-bond donors (Lipinski definition) is 9. The molecule has 33 heavy (non-hydrogen) atoms. The van der Waals surface area contributed by atoms with Crippen LogP contribution in [0.5, 0.6) is 0 Å². The van der Waals surface area contributed by atoms with Crippen LogP contribution >= 0.6 is 0 Å². The van der Waals surface area contributed by atoms with E-state index in [4.69, 9.17) is 27.4 Å². The average Bonchev–Trinajstić information content (AvgIpc) is 2.66. The summed E-state index contributed by atoms with van der Waals surface area (Å²) in [6, 6.07) is -6.59. The molecule has 5 amide bonds. The van der Waals surface area contributed by atoms with Gasteiger partial charge < -0.3 is 48.5 Å². The first kappa shape index (κ1) is 29.2. The molecule has 0 bridgehead atoms. The standard InChI is InChI=1S/C17H28N6O10/c1-6(24)13(17(32)33)23-16(31)9(5-12(27)28)22-15(30)8(2-3-10(19)25)21-14(29)7(18)4-11(20)26/h6-9,13,24H,2-5,18H2,1H3,(H2,19,25)(H2,20,26)(H,21,29)(H,22,30)(H,23,31)(H,27,28)(H,32,33). The number of carboxylic acids is 2. The van der Waals surface area contributed by atoms with E-state index in [0.717, 1.165) is 6.92 Å². The van der Waals surface area contributed by atoms with Crippen molar-refractivity contribution in [3.63, 3.8) is 0 Å². The summed E-state index contributed by atoms with van der Waals surface area (Å²) in [5, 5.41) is 33.6. The van der Waals surface area contributed by atoms with E-state index in [9.17, 15) is 38.7 Å². The van der Waals surface area contributed by atoms with Gasteiger partial charge in [0.05, 0.1) is 25.0 Å². The molecule has 5 unspecified atom stereocenters. The minimum Gasteiger partial charge on any atom is -0.481 e. The normalized spacial score (nSPS) is 15.1. The Morgan fingerprint density at radius 3 is 1.73 bits per heavy atom. The number of aliphatic carboxylic acids is 2. The highest BCUT2D eigenvalue weighted by atomic mass is 16.4. The number of hydrogen-bond acceptors (Lipinski definition) is 9. The van der Waals surface area contributed by atoms with Gasteiger partial charge in [-0.15, -0.1) is 0 Å². The van der Waals surface area contributed by atoms with Crippen LogP contribution in [-0.4, -0.2) is 87.1 Å². The van der Waals surface area contributed by atoms with Crippen molar-refractivity contribution >= 4 is 41.5 Å². The lowest BCUT2D eigenvalue weighted by molar-refractivity contribution is -0.146. The maximum atomic E-state index is 12.6. The Labute approximate surface area is 187 Å². The molecule has 186 valence electrons. The molecule has 0 aliphatic rings. The summed E-state index contributed by atoms with van der Waals surface area (Å²) in [4.78, 5) is 81.4. The van der Waals surface area contributed by atoms with Crippen molar-refractivity contribution in [2.75, 3.05) is 0 Å². The summed E-state index contributed by atoms with van der Waals surface area (Å²) in [7, 11) is 0. The van der Waals surface area contributed by atoms with Crippen LogP contribution in [0, 0.1) is 0 Å². The summed E-state index contributed by atoms with van der Waals surface area (Å²) in [5.74, 6) is -8.28. The van der Waals surface area contributed by atoms with Crippen LogP contribution < -0.4 is 33.2 Å². The lowest BCUT2D eigenvalue weighted by Crippen LogP contribution is -2.58. The van der Waals surface area contributed by atoms with E-state index < -0.39 is 91.0 Å². The van der Waals surface area contributed by atoms with Gasteiger partial charge in [0, 0.05) is 6.42 Å². The van der Waals surface area contributed by atoms with Gasteiger partial charge in [-0.3, -0.25) is 28.8 Å². The Hall–Kier alpha value is -3.79. The largest absolute Gasteiger partial charge is 0.481 e. The van der Waals surface area contributed by atoms with Gasteiger partial charge in [-0.1, -0.05) is 0 Å². The van der Waals surface area contributed by atoms with Gasteiger partial charge in [-0.25, -0.2) is 4.79 Å². The maximum absolute atomic E-state index is 12.6. The minimum atomic E-state index is -1.82. The average molecular weight is 476 g/mol. The van der Waals surface area contributed by atoms with Crippen molar-refractivity contribution in [3.05, 3.63) is 0 Å². The Morgan fingerprint density at radius 2 is 1.30 bits per heavy atom. The van der Waals surface area contributed by atoms with E-state index in [-0.39, 0.29) is 6.42 Å². The van der Waals surface area contributed by atoms with Crippen LogP contribution in [0.2, 0.25) is 0 Å².